The minimum Gasteiger partial charge on any atom is -0.482 e. The standard InChI is InChI=1S/C18H21NO2S/c1-22-17-10-6-5-9-15(17)21-18(14-7-3-2-4-8-14)16-13-19-11-12-20-16/h2-10,16,18-19H,11-13H2,1H3. The van der Waals surface area contributed by atoms with Gasteiger partial charge >= 0.3 is 0 Å². The second-order valence-corrected chi connectivity index (χ2v) is 6.06. The zero-order valence-corrected chi connectivity index (χ0v) is 13.5. The predicted molar refractivity (Wildman–Crippen MR) is 90.6 cm³/mol. The molecule has 3 rings (SSSR count). The molecule has 0 amide bonds. The normalized spacial score (nSPS) is 19.6. The Morgan fingerprint density at radius 1 is 1.14 bits per heavy atom. The van der Waals surface area contributed by atoms with Gasteiger partial charge in [0.25, 0.3) is 0 Å². The fourth-order valence-corrected chi connectivity index (χ4v) is 3.17. The fraction of sp³-hybridized carbons (Fsp3) is 0.333. The van der Waals surface area contributed by atoms with Crippen LogP contribution in [-0.2, 0) is 4.74 Å². The molecule has 0 spiro atoms. The van der Waals surface area contributed by atoms with Gasteiger partial charge in [-0.1, -0.05) is 42.5 Å². The summed E-state index contributed by atoms with van der Waals surface area (Å²) in [6, 6.07) is 18.5. The van der Waals surface area contributed by atoms with Gasteiger partial charge in [-0.25, -0.2) is 0 Å². The van der Waals surface area contributed by atoms with Crippen molar-refractivity contribution in [2.24, 2.45) is 0 Å². The van der Waals surface area contributed by atoms with Crippen molar-refractivity contribution in [3.05, 3.63) is 60.2 Å². The molecule has 1 aliphatic heterocycles. The van der Waals surface area contributed by atoms with E-state index in [9.17, 15) is 0 Å². The van der Waals surface area contributed by atoms with E-state index in [2.05, 4.69) is 29.8 Å². The van der Waals surface area contributed by atoms with Gasteiger partial charge in [0.15, 0.2) is 6.10 Å². The van der Waals surface area contributed by atoms with Crippen LogP contribution in [0.1, 0.15) is 11.7 Å². The molecule has 0 aromatic heterocycles. The van der Waals surface area contributed by atoms with Crippen molar-refractivity contribution in [2.75, 3.05) is 26.0 Å². The molecule has 0 aliphatic carbocycles. The molecule has 1 heterocycles. The number of rotatable bonds is 5. The number of hydrogen-bond donors (Lipinski definition) is 1. The molecule has 0 bridgehead atoms. The summed E-state index contributed by atoms with van der Waals surface area (Å²) in [4.78, 5) is 1.15. The van der Waals surface area contributed by atoms with Crippen molar-refractivity contribution in [3.8, 4) is 5.75 Å². The first kappa shape index (κ1) is 15.4. The molecule has 1 saturated heterocycles. The van der Waals surface area contributed by atoms with Crippen LogP contribution in [-0.4, -0.2) is 32.1 Å². The second-order valence-electron chi connectivity index (χ2n) is 5.21. The molecule has 22 heavy (non-hydrogen) atoms. The summed E-state index contributed by atoms with van der Waals surface area (Å²) in [5.74, 6) is 0.915. The van der Waals surface area contributed by atoms with Crippen LogP contribution in [0, 0.1) is 0 Å². The number of ether oxygens (including phenoxy) is 2. The highest BCUT2D eigenvalue weighted by molar-refractivity contribution is 7.98. The zero-order chi connectivity index (χ0) is 15.2. The minimum absolute atomic E-state index is 0.0195. The summed E-state index contributed by atoms with van der Waals surface area (Å²) >= 11 is 1.70. The summed E-state index contributed by atoms with van der Waals surface area (Å²) in [6.07, 6.45) is 1.98. The summed E-state index contributed by atoms with van der Waals surface area (Å²) < 4.78 is 12.3. The van der Waals surface area contributed by atoms with Crippen LogP contribution in [0.2, 0.25) is 0 Å². The zero-order valence-electron chi connectivity index (χ0n) is 12.7. The second kappa shape index (κ2) is 7.68. The predicted octanol–water partition coefficient (Wildman–Crippen LogP) is 3.52. The van der Waals surface area contributed by atoms with Gasteiger partial charge in [0, 0.05) is 18.0 Å². The first-order chi connectivity index (χ1) is 10.9. The number of morpholine rings is 1. The molecule has 1 fully saturated rings. The smallest absolute Gasteiger partial charge is 0.151 e. The topological polar surface area (TPSA) is 30.5 Å². The Kier molecular flexibility index (Phi) is 5.38. The number of benzene rings is 2. The molecule has 116 valence electrons. The monoisotopic (exact) mass is 315 g/mol. The van der Waals surface area contributed by atoms with E-state index in [4.69, 9.17) is 9.47 Å². The van der Waals surface area contributed by atoms with E-state index in [0.29, 0.717) is 0 Å². The highest BCUT2D eigenvalue weighted by Gasteiger charge is 2.28. The maximum absolute atomic E-state index is 6.38. The summed E-state index contributed by atoms with van der Waals surface area (Å²) in [7, 11) is 0. The average Bonchev–Trinajstić information content (AvgIpc) is 2.61. The van der Waals surface area contributed by atoms with Crippen LogP contribution in [0.3, 0.4) is 0 Å². The summed E-state index contributed by atoms with van der Waals surface area (Å²) in [5, 5.41) is 3.39. The van der Waals surface area contributed by atoms with E-state index >= 15 is 0 Å². The van der Waals surface area contributed by atoms with Gasteiger partial charge in [-0.15, -0.1) is 11.8 Å². The maximum atomic E-state index is 6.38. The lowest BCUT2D eigenvalue weighted by molar-refractivity contribution is -0.0440. The van der Waals surface area contributed by atoms with Crippen LogP contribution >= 0.6 is 11.8 Å². The quantitative estimate of drug-likeness (QED) is 0.855. The van der Waals surface area contributed by atoms with Crippen molar-refractivity contribution >= 4 is 11.8 Å². The van der Waals surface area contributed by atoms with Crippen molar-refractivity contribution in [3.63, 3.8) is 0 Å². The van der Waals surface area contributed by atoms with Gasteiger partial charge < -0.3 is 14.8 Å². The van der Waals surface area contributed by atoms with Crippen LogP contribution < -0.4 is 10.1 Å². The lowest BCUT2D eigenvalue weighted by Crippen LogP contribution is -2.43. The average molecular weight is 315 g/mol. The first-order valence-corrected chi connectivity index (χ1v) is 8.78. The molecule has 3 nitrogen and oxygen atoms in total. The van der Waals surface area contributed by atoms with Crippen molar-refractivity contribution in [2.45, 2.75) is 17.1 Å². The first-order valence-electron chi connectivity index (χ1n) is 7.55. The molecule has 1 N–H and O–H groups in total. The van der Waals surface area contributed by atoms with E-state index in [0.717, 1.165) is 35.9 Å². The van der Waals surface area contributed by atoms with Crippen molar-refractivity contribution < 1.29 is 9.47 Å². The Morgan fingerprint density at radius 2 is 1.91 bits per heavy atom. The van der Waals surface area contributed by atoms with Gasteiger partial charge in [0.1, 0.15) is 11.9 Å². The third-order valence-corrected chi connectivity index (χ3v) is 4.52. The molecule has 1 aliphatic rings. The van der Waals surface area contributed by atoms with Crippen LogP contribution in [0.5, 0.6) is 5.75 Å². The minimum atomic E-state index is -0.109. The molecular formula is C18H21NO2S. The third-order valence-electron chi connectivity index (χ3n) is 3.75. The molecule has 2 unspecified atom stereocenters. The summed E-state index contributed by atoms with van der Waals surface area (Å²) in [5.41, 5.74) is 1.15. The SMILES string of the molecule is CSc1ccccc1OC(c1ccccc1)C1CNCCO1. The molecule has 0 saturated carbocycles. The maximum Gasteiger partial charge on any atom is 0.151 e. The Hall–Kier alpha value is -1.49. The van der Waals surface area contributed by atoms with Crippen molar-refractivity contribution in [1.29, 1.82) is 0 Å². The van der Waals surface area contributed by atoms with Crippen LogP contribution in [0.4, 0.5) is 0 Å². The van der Waals surface area contributed by atoms with E-state index in [1.807, 2.05) is 36.4 Å². The van der Waals surface area contributed by atoms with Gasteiger partial charge in [-0.05, 0) is 24.0 Å². The van der Waals surface area contributed by atoms with Gasteiger partial charge in [-0.3, -0.25) is 0 Å². The van der Waals surface area contributed by atoms with Gasteiger partial charge in [0.05, 0.1) is 6.61 Å². The van der Waals surface area contributed by atoms with Crippen molar-refractivity contribution in [1.82, 2.24) is 5.32 Å². The Bertz CT molecular complexity index is 585. The van der Waals surface area contributed by atoms with Crippen LogP contribution in [0.25, 0.3) is 0 Å². The molecule has 0 radical (unpaired) electrons. The molecular weight excluding hydrogens is 294 g/mol. The van der Waals surface area contributed by atoms with Crippen LogP contribution in [0.15, 0.2) is 59.5 Å². The Labute approximate surface area is 136 Å². The highest BCUT2D eigenvalue weighted by atomic mass is 32.2. The largest absolute Gasteiger partial charge is 0.482 e. The number of hydrogen-bond acceptors (Lipinski definition) is 4. The van der Waals surface area contributed by atoms with Gasteiger partial charge in [-0.2, -0.15) is 0 Å². The molecule has 2 aromatic carbocycles. The lowest BCUT2D eigenvalue weighted by Gasteiger charge is -2.32. The van der Waals surface area contributed by atoms with E-state index in [1.54, 1.807) is 11.8 Å². The molecule has 2 atom stereocenters. The Balaban J connectivity index is 1.88. The fourth-order valence-electron chi connectivity index (χ4n) is 2.63. The number of thioether (sulfide) groups is 1. The molecule has 2 aromatic rings. The summed E-state index contributed by atoms with van der Waals surface area (Å²) in [6.45, 7) is 2.43. The van der Waals surface area contributed by atoms with E-state index in [-0.39, 0.29) is 12.2 Å². The van der Waals surface area contributed by atoms with Gasteiger partial charge in [0.2, 0.25) is 0 Å². The number of nitrogens with one attached hydrogen (secondary N) is 1. The van der Waals surface area contributed by atoms with E-state index in [1.165, 1.54) is 0 Å². The molecule has 4 heteroatoms. The number of para-hydroxylation sites is 1. The van der Waals surface area contributed by atoms with E-state index < -0.39 is 0 Å². The Morgan fingerprint density at radius 3 is 2.64 bits per heavy atom. The highest BCUT2D eigenvalue weighted by Crippen LogP contribution is 2.33. The lowest BCUT2D eigenvalue weighted by atomic mass is 10.0. The third kappa shape index (κ3) is 3.64.